The molecular formula is C15H19N5O. The van der Waals surface area contributed by atoms with Crippen molar-refractivity contribution in [3.63, 3.8) is 0 Å². The van der Waals surface area contributed by atoms with Gasteiger partial charge < -0.3 is 10.6 Å². The zero-order chi connectivity index (χ0) is 15.2. The Balaban J connectivity index is 2.14. The molecule has 2 amide bonds. The van der Waals surface area contributed by atoms with E-state index in [9.17, 15) is 4.79 Å². The number of hydrogen-bond donors (Lipinski definition) is 3. The monoisotopic (exact) mass is 285 g/mol. The second-order valence-corrected chi connectivity index (χ2v) is 4.87. The lowest BCUT2D eigenvalue weighted by Gasteiger charge is -2.10. The molecule has 0 atom stereocenters. The van der Waals surface area contributed by atoms with Crippen molar-refractivity contribution < 1.29 is 4.79 Å². The number of carbonyl (C=O) groups is 1. The van der Waals surface area contributed by atoms with Crippen molar-refractivity contribution in [2.24, 2.45) is 0 Å². The van der Waals surface area contributed by atoms with Crippen LogP contribution in [0, 0.1) is 0 Å². The highest BCUT2D eigenvalue weighted by Crippen LogP contribution is 2.21. The summed E-state index contributed by atoms with van der Waals surface area (Å²) in [5, 5.41) is 8.20. The molecule has 0 radical (unpaired) electrons. The van der Waals surface area contributed by atoms with Crippen LogP contribution in [0.4, 0.5) is 22.2 Å². The molecule has 3 N–H and O–H groups in total. The Morgan fingerprint density at radius 3 is 2.76 bits per heavy atom. The van der Waals surface area contributed by atoms with Crippen LogP contribution in [0.15, 0.2) is 36.5 Å². The van der Waals surface area contributed by atoms with E-state index < -0.39 is 0 Å². The van der Waals surface area contributed by atoms with Crippen LogP contribution in [-0.4, -0.2) is 23.0 Å². The number of anilines is 3. The van der Waals surface area contributed by atoms with E-state index in [0.29, 0.717) is 11.7 Å². The molecule has 0 bridgehead atoms. The number of carbonyl (C=O) groups excluding carboxylic acids is 1. The lowest BCUT2D eigenvalue weighted by Crippen LogP contribution is -2.25. The minimum absolute atomic E-state index is 0.249. The maximum Gasteiger partial charge on any atom is 0.321 e. The van der Waals surface area contributed by atoms with Gasteiger partial charge in [-0.05, 0) is 29.7 Å². The zero-order valence-corrected chi connectivity index (χ0v) is 12.3. The van der Waals surface area contributed by atoms with E-state index in [2.05, 4.69) is 51.9 Å². The number of rotatable bonds is 4. The summed E-state index contributed by atoms with van der Waals surface area (Å²) in [6, 6.07) is 9.54. The molecule has 2 aromatic rings. The zero-order valence-electron chi connectivity index (χ0n) is 12.3. The summed E-state index contributed by atoms with van der Waals surface area (Å²) in [7, 11) is 1.54. The van der Waals surface area contributed by atoms with Gasteiger partial charge in [0, 0.05) is 18.9 Å². The fraction of sp³-hybridized carbons (Fsp3) is 0.267. The van der Waals surface area contributed by atoms with Gasteiger partial charge in [-0.2, -0.15) is 4.98 Å². The molecule has 0 fully saturated rings. The van der Waals surface area contributed by atoms with Gasteiger partial charge in [-0.15, -0.1) is 0 Å². The highest BCUT2D eigenvalue weighted by molar-refractivity contribution is 5.87. The van der Waals surface area contributed by atoms with Gasteiger partial charge >= 0.3 is 6.03 Å². The second-order valence-electron chi connectivity index (χ2n) is 4.87. The largest absolute Gasteiger partial charge is 0.341 e. The Labute approximate surface area is 124 Å². The number of nitrogens with one attached hydrogen (secondary N) is 3. The molecule has 6 heteroatoms. The van der Waals surface area contributed by atoms with E-state index in [1.165, 1.54) is 12.6 Å². The molecule has 1 heterocycles. The quantitative estimate of drug-likeness (QED) is 0.806. The van der Waals surface area contributed by atoms with Crippen LogP contribution >= 0.6 is 0 Å². The van der Waals surface area contributed by atoms with Crippen LogP contribution in [-0.2, 0) is 0 Å². The fourth-order valence-corrected chi connectivity index (χ4v) is 1.78. The van der Waals surface area contributed by atoms with E-state index in [4.69, 9.17) is 0 Å². The van der Waals surface area contributed by atoms with Gasteiger partial charge in [0.1, 0.15) is 5.82 Å². The maximum absolute atomic E-state index is 11.2. The first-order valence-electron chi connectivity index (χ1n) is 6.77. The number of hydrogen-bond acceptors (Lipinski definition) is 4. The lowest BCUT2D eigenvalue weighted by molar-refractivity contribution is 0.254. The van der Waals surface area contributed by atoms with Gasteiger partial charge in [0.15, 0.2) is 0 Å². The normalized spacial score (nSPS) is 10.3. The predicted octanol–water partition coefficient (Wildman–Crippen LogP) is 3.09. The molecule has 0 aliphatic heterocycles. The topological polar surface area (TPSA) is 78.9 Å². The standard InChI is InChI=1S/C15H19N5O/c1-10(2)11-5-4-6-12(9-11)18-13-7-8-17-14(19-13)20-15(21)16-3/h4-10H,1-3H3,(H3,16,17,18,19,20,21). The molecule has 0 aliphatic rings. The highest BCUT2D eigenvalue weighted by Gasteiger charge is 2.04. The van der Waals surface area contributed by atoms with Crippen molar-refractivity contribution in [3.8, 4) is 0 Å². The number of aromatic nitrogens is 2. The van der Waals surface area contributed by atoms with Gasteiger partial charge in [0.05, 0.1) is 0 Å². The van der Waals surface area contributed by atoms with Crippen LogP contribution in [0.2, 0.25) is 0 Å². The average Bonchev–Trinajstić information content (AvgIpc) is 2.47. The smallest absolute Gasteiger partial charge is 0.321 e. The number of benzene rings is 1. The summed E-state index contributed by atoms with van der Waals surface area (Å²) in [4.78, 5) is 19.5. The van der Waals surface area contributed by atoms with Crippen molar-refractivity contribution in [1.29, 1.82) is 0 Å². The van der Waals surface area contributed by atoms with E-state index in [1.807, 2.05) is 12.1 Å². The molecule has 6 nitrogen and oxygen atoms in total. The average molecular weight is 285 g/mol. The van der Waals surface area contributed by atoms with Crippen LogP contribution < -0.4 is 16.0 Å². The molecule has 1 aromatic heterocycles. The summed E-state index contributed by atoms with van der Waals surface area (Å²) in [5.41, 5.74) is 2.20. The van der Waals surface area contributed by atoms with Crippen molar-refractivity contribution in [3.05, 3.63) is 42.1 Å². The third kappa shape index (κ3) is 4.17. The van der Waals surface area contributed by atoms with Crippen molar-refractivity contribution in [2.75, 3.05) is 17.7 Å². The Bertz CT molecular complexity index is 627. The lowest BCUT2D eigenvalue weighted by atomic mass is 10.0. The highest BCUT2D eigenvalue weighted by atomic mass is 16.2. The Morgan fingerprint density at radius 2 is 2.05 bits per heavy atom. The first kappa shape index (κ1) is 14.8. The number of amides is 2. The summed E-state index contributed by atoms with van der Waals surface area (Å²) < 4.78 is 0. The third-order valence-electron chi connectivity index (χ3n) is 2.93. The Morgan fingerprint density at radius 1 is 1.24 bits per heavy atom. The van der Waals surface area contributed by atoms with E-state index in [-0.39, 0.29) is 12.0 Å². The summed E-state index contributed by atoms with van der Waals surface area (Å²) in [6.07, 6.45) is 1.59. The van der Waals surface area contributed by atoms with Gasteiger partial charge in [-0.3, -0.25) is 5.32 Å². The van der Waals surface area contributed by atoms with Crippen LogP contribution in [0.5, 0.6) is 0 Å². The predicted molar refractivity (Wildman–Crippen MR) is 83.9 cm³/mol. The van der Waals surface area contributed by atoms with Crippen molar-refractivity contribution in [2.45, 2.75) is 19.8 Å². The van der Waals surface area contributed by atoms with Crippen LogP contribution in [0.1, 0.15) is 25.3 Å². The Kier molecular flexibility index (Phi) is 4.71. The summed E-state index contributed by atoms with van der Waals surface area (Å²) >= 11 is 0. The first-order valence-corrected chi connectivity index (χ1v) is 6.77. The van der Waals surface area contributed by atoms with E-state index >= 15 is 0 Å². The second kappa shape index (κ2) is 6.69. The van der Waals surface area contributed by atoms with Crippen molar-refractivity contribution in [1.82, 2.24) is 15.3 Å². The van der Waals surface area contributed by atoms with E-state index in [0.717, 1.165) is 5.69 Å². The fourth-order valence-electron chi connectivity index (χ4n) is 1.78. The molecule has 1 aromatic carbocycles. The Hall–Kier alpha value is -2.63. The summed E-state index contributed by atoms with van der Waals surface area (Å²) in [6.45, 7) is 4.30. The SMILES string of the molecule is CNC(=O)Nc1nccc(Nc2cccc(C(C)C)c2)n1. The van der Waals surface area contributed by atoms with E-state index in [1.54, 1.807) is 12.3 Å². The third-order valence-corrected chi connectivity index (χ3v) is 2.93. The number of nitrogens with zero attached hydrogens (tertiary/aromatic N) is 2. The van der Waals surface area contributed by atoms with Crippen molar-refractivity contribution >= 4 is 23.5 Å². The molecule has 0 unspecified atom stereocenters. The molecule has 0 saturated heterocycles. The van der Waals surface area contributed by atoms with Gasteiger partial charge in [-0.1, -0.05) is 26.0 Å². The first-order chi connectivity index (χ1) is 10.1. The van der Waals surface area contributed by atoms with Crippen LogP contribution in [0.3, 0.4) is 0 Å². The van der Waals surface area contributed by atoms with Gasteiger partial charge in [0.2, 0.25) is 5.95 Å². The minimum atomic E-state index is -0.353. The molecule has 0 spiro atoms. The maximum atomic E-state index is 11.2. The van der Waals surface area contributed by atoms with Crippen LogP contribution in [0.25, 0.3) is 0 Å². The molecular weight excluding hydrogens is 266 g/mol. The van der Waals surface area contributed by atoms with Gasteiger partial charge in [-0.25, -0.2) is 9.78 Å². The molecule has 0 saturated carbocycles. The summed E-state index contributed by atoms with van der Waals surface area (Å²) in [5.74, 6) is 1.33. The molecule has 2 rings (SSSR count). The molecule has 21 heavy (non-hydrogen) atoms. The van der Waals surface area contributed by atoms with Gasteiger partial charge in [0.25, 0.3) is 0 Å². The number of urea groups is 1. The molecule has 0 aliphatic carbocycles. The molecule has 110 valence electrons. The minimum Gasteiger partial charge on any atom is -0.341 e.